The fourth-order valence-corrected chi connectivity index (χ4v) is 5.17. The van der Waals surface area contributed by atoms with E-state index in [9.17, 15) is 9.59 Å². The van der Waals surface area contributed by atoms with E-state index in [-0.39, 0.29) is 18.2 Å². The van der Waals surface area contributed by atoms with Gasteiger partial charge in [-0.25, -0.2) is 4.98 Å². The Labute approximate surface area is 206 Å². The molecule has 2 amide bonds. The molecular formula is C25H21N3O2S3. The molecule has 1 aromatic heterocycles. The molecule has 1 fully saturated rings. The third-order valence-corrected chi connectivity index (χ3v) is 6.97. The van der Waals surface area contributed by atoms with Crippen LogP contribution in [0.5, 0.6) is 0 Å². The van der Waals surface area contributed by atoms with Crippen molar-refractivity contribution in [2.24, 2.45) is 0 Å². The van der Waals surface area contributed by atoms with E-state index < -0.39 is 0 Å². The molecule has 5 nitrogen and oxygen atoms in total. The van der Waals surface area contributed by atoms with Gasteiger partial charge in [0.25, 0.3) is 5.91 Å². The van der Waals surface area contributed by atoms with Crippen molar-refractivity contribution in [3.8, 4) is 11.3 Å². The van der Waals surface area contributed by atoms with Crippen LogP contribution in [0.4, 0.5) is 5.13 Å². The lowest BCUT2D eigenvalue weighted by Crippen LogP contribution is -2.29. The Bertz CT molecular complexity index is 1200. The molecule has 1 saturated heterocycles. The van der Waals surface area contributed by atoms with Crippen LogP contribution in [0.1, 0.15) is 18.4 Å². The quantitative estimate of drug-likeness (QED) is 0.310. The molecule has 2 heterocycles. The second-order valence-corrected chi connectivity index (χ2v) is 9.72. The second kappa shape index (κ2) is 11.2. The topological polar surface area (TPSA) is 62.3 Å². The molecule has 2 aromatic carbocycles. The predicted octanol–water partition coefficient (Wildman–Crippen LogP) is 5.99. The number of carbonyl (C=O) groups excluding carboxylic acids is 2. The predicted molar refractivity (Wildman–Crippen MR) is 141 cm³/mol. The highest BCUT2D eigenvalue weighted by molar-refractivity contribution is 8.26. The third-order valence-electron chi connectivity index (χ3n) is 4.82. The molecule has 0 saturated carbocycles. The summed E-state index contributed by atoms with van der Waals surface area (Å²) in [5, 5.41) is 5.33. The molecule has 1 aliphatic rings. The zero-order chi connectivity index (χ0) is 23.0. The van der Waals surface area contributed by atoms with E-state index in [0.29, 0.717) is 27.3 Å². The van der Waals surface area contributed by atoms with E-state index >= 15 is 0 Å². The highest BCUT2D eigenvalue weighted by atomic mass is 32.2. The first-order valence-electron chi connectivity index (χ1n) is 10.4. The van der Waals surface area contributed by atoms with Gasteiger partial charge in [-0.3, -0.25) is 14.5 Å². The highest BCUT2D eigenvalue weighted by Crippen LogP contribution is 2.31. The smallest absolute Gasteiger partial charge is 0.266 e. The second-order valence-electron chi connectivity index (χ2n) is 7.18. The van der Waals surface area contributed by atoms with Crippen molar-refractivity contribution in [2.75, 3.05) is 11.9 Å². The van der Waals surface area contributed by atoms with E-state index in [1.165, 1.54) is 23.1 Å². The van der Waals surface area contributed by atoms with Gasteiger partial charge in [-0.15, -0.1) is 11.3 Å². The minimum atomic E-state index is -0.129. The lowest BCUT2D eigenvalue weighted by Gasteiger charge is -2.13. The average molecular weight is 492 g/mol. The first-order chi connectivity index (χ1) is 16.1. The average Bonchev–Trinajstić information content (AvgIpc) is 3.40. The van der Waals surface area contributed by atoms with Gasteiger partial charge in [0, 0.05) is 23.9 Å². The number of hydrogen-bond acceptors (Lipinski definition) is 6. The molecule has 4 rings (SSSR count). The van der Waals surface area contributed by atoms with Gasteiger partial charge in [-0.2, -0.15) is 0 Å². The normalized spacial score (nSPS) is 15.0. The van der Waals surface area contributed by atoms with Gasteiger partial charge in [0.15, 0.2) is 5.13 Å². The number of carbonyl (C=O) groups is 2. The number of rotatable bonds is 8. The summed E-state index contributed by atoms with van der Waals surface area (Å²) in [5.41, 5.74) is 2.91. The largest absolute Gasteiger partial charge is 0.302 e. The van der Waals surface area contributed by atoms with Crippen molar-refractivity contribution >= 4 is 62.7 Å². The van der Waals surface area contributed by atoms with Crippen LogP contribution in [0.15, 0.2) is 83.1 Å². The molecule has 1 aliphatic heterocycles. The lowest BCUT2D eigenvalue weighted by molar-refractivity contribution is -0.122. The Balaban J connectivity index is 1.25. The third kappa shape index (κ3) is 6.25. The fraction of sp³-hybridized carbons (Fsp3) is 0.120. The van der Waals surface area contributed by atoms with Crippen LogP contribution in [0, 0.1) is 0 Å². The van der Waals surface area contributed by atoms with E-state index in [2.05, 4.69) is 10.3 Å². The van der Waals surface area contributed by atoms with Crippen LogP contribution in [-0.4, -0.2) is 32.6 Å². The molecular weight excluding hydrogens is 470 g/mol. The van der Waals surface area contributed by atoms with Crippen LogP contribution in [0.25, 0.3) is 17.3 Å². The number of benzene rings is 2. The summed E-state index contributed by atoms with van der Waals surface area (Å²) >= 11 is 8.05. The van der Waals surface area contributed by atoms with E-state index in [4.69, 9.17) is 12.2 Å². The maximum Gasteiger partial charge on any atom is 0.266 e. The van der Waals surface area contributed by atoms with E-state index in [1.54, 1.807) is 11.0 Å². The standard InChI is InChI=1S/C25H21N3O2S3/c29-22(27-24-26-20(17-32-24)19-12-5-2-6-13-19)15-8-16-28-23(30)21(33-25(28)31)14-7-11-18-9-3-1-4-10-18/h1-7,9-14,17H,8,15-16H2,(H,26,27,29)/b11-7+,21-14-. The highest BCUT2D eigenvalue weighted by Gasteiger charge is 2.31. The molecule has 0 bridgehead atoms. The summed E-state index contributed by atoms with van der Waals surface area (Å²) in [4.78, 5) is 31.6. The summed E-state index contributed by atoms with van der Waals surface area (Å²) in [6.07, 6.45) is 6.38. The molecule has 0 aliphatic carbocycles. The monoisotopic (exact) mass is 491 g/mol. The minimum Gasteiger partial charge on any atom is -0.302 e. The fourth-order valence-electron chi connectivity index (χ4n) is 3.17. The first kappa shape index (κ1) is 23.1. The summed E-state index contributed by atoms with van der Waals surface area (Å²) in [5.74, 6) is -0.244. The maximum absolute atomic E-state index is 12.7. The molecule has 166 valence electrons. The molecule has 3 aromatic rings. The molecule has 0 atom stereocenters. The van der Waals surface area contributed by atoms with Gasteiger partial charge in [0.2, 0.25) is 5.91 Å². The number of allylic oxidation sites excluding steroid dienone is 2. The number of thioether (sulfide) groups is 1. The van der Waals surface area contributed by atoms with Crippen LogP contribution in [-0.2, 0) is 9.59 Å². The van der Waals surface area contributed by atoms with Gasteiger partial charge in [0.1, 0.15) is 4.32 Å². The zero-order valence-corrected chi connectivity index (χ0v) is 20.1. The summed E-state index contributed by atoms with van der Waals surface area (Å²) < 4.78 is 0.521. The number of thiazole rings is 1. The van der Waals surface area contributed by atoms with Crippen molar-refractivity contribution in [3.05, 3.63) is 88.7 Å². The van der Waals surface area contributed by atoms with Crippen LogP contribution in [0.3, 0.4) is 0 Å². The number of amides is 2. The SMILES string of the molecule is O=C(CCCN1C(=O)/C(=C/C=C/c2ccccc2)SC1=S)Nc1nc(-c2ccccc2)cs1. The Morgan fingerprint density at radius 1 is 1.09 bits per heavy atom. The van der Waals surface area contributed by atoms with Gasteiger partial charge >= 0.3 is 0 Å². The lowest BCUT2D eigenvalue weighted by atomic mass is 10.2. The van der Waals surface area contributed by atoms with E-state index in [1.807, 2.05) is 78.2 Å². The molecule has 0 spiro atoms. The molecule has 0 radical (unpaired) electrons. The number of nitrogens with zero attached hydrogens (tertiary/aromatic N) is 2. The van der Waals surface area contributed by atoms with Crippen molar-refractivity contribution in [1.29, 1.82) is 0 Å². The maximum atomic E-state index is 12.7. The number of aromatic nitrogens is 1. The summed E-state index contributed by atoms with van der Waals surface area (Å²) in [7, 11) is 0. The Hall–Kier alpha value is -3.07. The van der Waals surface area contributed by atoms with Crippen molar-refractivity contribution in [2.45, 2.75) is 12.8 Å². The summed E-state index contributed by atoms with van der Waals surface area (Å²) in [6, 6.07) is 19.7. The number of hydrogen-bond donors (Lipinski definition) is 1. The Morgan fingerprint density at radius 2 is 1.82 bits per heavy atom. The zero-order valence-electron chi connectivity index (χ0n) is 17.6. The Kier molecular flexibility index (Phi) is 7.83. The van der Waals surface area contributed by atoms with Gasteiger partial charge in [0.05, 0.1) is 10.6 Å². The van der Waals surface area contributed by atoms with Crippen LogP contribution < -0.4 is 5.32 Å². The van der Waals surface area contributed by atoms with Gasteiger partial charge in [-0.1, -0.05) is 96.8 Å². The van der Waals surface area contributed by atoms with E-state index in [0.717, 1.165) is 16.8 Å². The van der Waals surface area contributed by atoms with Crippen LogP contribution in [0.2, 0.25) is 0 Å². The van der Waals surface area contributed by atoms with Crippen LogP contribution >= 0.6 is 35.3 Å². The van der Waals surface area contributed by atoms with Crippen molar-refractivity contribution in [3.63, 3.8) is 0 Å². The molecule has 0 unspecified atom stereocenters. The first-order valence-corrected chi connectivity index (χ1v) is 12.5. The van der Waals surface area contributed by atoms with Crippen molar-refractivity contribution < 1.29 is 9.59 Å². The van der Waals surface area contributed by atoms with Gasteiger partial charge < -0.3 is 5.32 Å². The summed E-state index contributed by atoms with van der Waals surface area (Å²) in [6.45, 7) is 0.408. The Morgan fingerprint density at radius 3 is 2.58 bits per heavy atom. The number of anilines is 1. The number of thiocarbonyl (C=S) groups is 1. The van der Waals surface area contributed by atoms with Crippen molar-refractivity contribution in [1.82, 2.24) is 9.88 Å². The molecule has 33 heavy (non-hydrogen) atoms. The number of nitrogens with one attached hydrogen (secondary N) is 1. The minimum absolute atomic E-state index is 0.115. The van der Waals surface area contributed by atoms with Gasteiger partial charge in [-0.05, 0) is 18.1 Å². The molecule has 1 N–H and O–H groups in total. The molecule has 8 heteroatoms.